The van der Waals surface area contributed by atoms with Gasteiger partial charge in [0, 0.05) is 23.9 Å². The fourth-order valence-electron chi connectivity index (χ4n) is 4.20. The van der Waals surface area contributed by atoms with Gasteiger partial charge in [-0.15, -0.1) is 0 Å². The van der Waals surface area contributed by atoms with Gasteiger partial charge in [0.15, 0.2) is 0 Å². The van der Waals surface area contributed by atoms with Gasteiger partial charge >= 0.3 is 0 Å². The monoisotopic (exact) mass is 423 g/mol. The van der Waals surface area contributed by atoms with Gasteiger partial charge in [0.2, 0.25) is 0 Å². The third-order valence-corrected chi connectivity index (χ3v) is 6.11. The van der Waals surface area contributed by atoms with Crippen LogP contribution in [0.5, 0.6) is 0 Å². The van der Waals surface area contributed by atoms with Gasteiger partial charge in [-0.2, -0.15) is 5.10 Å². The lowest BCUT2D eigenvalue weighted by atomic mass is 9.84. The molecule has 31 heavy (non-hydrogen) atoms. The van der Waals surface area contributed by atoms with Gasteiger partial charge in [0.1, 0.15) is 5.82 Å². The molecule has 0 spiro atoms. The second kappa shape index (κ2) is 8.17. The van der Waals surface area contributed by atoms with Crippen molar-refractivity contribution in [1.82, 2.24) is 24.9 Å². The normalized spacial score (nSPS) is 16.5. The van der Waals surface area contributed by atoms with E-state index in [0.717, 1.165) is 60.3 Å². The predicted octanol–water partition coefficient (Wildman–Crippen LogP) is 4.15. The highest BCUT2D eigenvalue weighted by Gasteiger charge is 2.24. The number of hydrogen-bond donors (Lipinski definition) is 1. The number of nitrogens with zero attached hydrogens (tertiary/aromatic N) is 4. The molecule has 1 fully saturated rings. The number of aromatic nitrogens is 4. The summed E-state index contributed by atoms with van der Waals surface area (Å²) in [7, 11) is 0. The summed E-state index contributed by atoms with van der Waals surface area (Å²) in [6.45, 7) is -0.685. The molecule has 3 aromatic rings. The van der Waals surface area contributed by atoms with E-state index in [1.165, 1.54) is 12.6 Å². The molecule has 0 aliphatic heterocycles. The Hall–Kier alpha value is -3.16. The van der Waals surface area contributed by atoms with E-state index in [4.69, 9.17) is 4.98 Å². The molecular formula is C23H23F2N5O. The minimum absolute atomic E-state index is 0.272. The Labute approximate surface area is 178 Å². The first-order valence-electron chi connectivity index (χ1n) is 10.7. The second-order valence-electron chi connectivity index (χ2n) is 8.13. The van der Waals surface area contributed by atoms with Crippen molar-refractivity contribution in [3.63, 3.8) is 0 Å². The largest absolute Gasteiger partial charge is 0.346 e. The number of rotatable bonds is 5. The molecule has 0 atom stereocenters. The van der Waals surface area contributed by atoms with Crippen molar-refractivity contribution in [3.05, 3.63) is 65.0 Å². The van der Waals surface area contributed by atoms with Crippen LogP contribution in [0.15, 0.2) is 36.8 Å². The van der Waals surface area contributed by atoms with Gasteiger partial charge in [0.05, 0.1) is 29.5 Å². The smallest absolute Gasteiger partial charge is 0.255 e. The Kier molecular flexibility index (Phi) is 5.21. The van der Waals surface area contributed by atoms with Crippen LogP contribution >= 0.6 is 0 Å². The molecule has 6 nitrogen and oxygen atoms in total. The van der Waals surface area contributed by atoms with Crippen molar-refractivity contribution in [3.8, 4) is 0 Å². The Morgan fingerprint density at radius 1 is 1.26 bits per heavy atom. The third-order valence-electron chi connectivity index (χ3n) is 6.11. The van der Waals surface area contributed by atoms with Crippen LogP contribution in [-0.2, 0) is 6.42 Å². The lowest BCUT2D eigenvalue weighted by Crippen LogP contribution is -2.28. The molecule has 8 heteroatoms. The average Bonchev–Trinajstić information content (AvgIpc) is 3.03. The fourth-order valence-corrected chi connectivity index (χ4v) is 4.20. The number of amides is 1. The van der Waals surface area contributed by atoms with Crippen LogP contribution in [0.3, 0.4) is 0 Å². The molecule has 1 amide bonds. The molecular weight excluding hydrogens is 400 g/mol. The summed E-state index contributed by atoms with van der Waals surface area (Å²) >= 11 is 0. The van der Waals surface area contributed by atoms with Crippen molar-refractivity contribution in [2.45, 2.75) is 50.9 Å². The summed E-state index contributed by atoms with van der Waals surface area (Å²) in [6, 6.07) is 3.83. The maximum atomic E-state index is 12.5. The maximum absolute atomic E-state index is 12.5. The van der Waals surface area contributed by atoms with E-state index in [9.17, 15) is 13.6 Å². The van der Waals surface area contributed by atoms with Gasteiger partial charge in [-0.25, -0.2) is 23.3 Å². The first kappa shape index (κ1) is 19.8. The lowest BCUT2D eigenvalue weighted by molar-refractivity contribution is 0.0893. The average molecular weight is 423 g/mol. The highest BCUT2D eigenvalue weighted by atomic mass is 19.3. The molecule has 0 aromatic carbocycles. The fraction of sp³-hybridized carbons (Fsp3) is 0.391. The highest BCUT2D eigenvalue weighted by Crippen LogP contribution is 2.36. The summed E-state index contributed by atoms with van der Waals surface area (Å²) in [6.07, 6.45) is 11.1. The predicted molar refractivity (Wildman–Crippen MR) is 112 cm³/mol. The summed E-state index contributed by atoms with van der Waals surface area (Å²) in [5.41, 5.74) is 4.91. The van der Waals surface area contributed by atoms with Crippen LogP contribution < -0.4 is 5.32 Å². The first-order valence-corrected chi connectivity index (χ1v) is 10.7. The molecule has 0 radical (unpaired) electrons. The molecule has 160 valence electrons. The third kappa shape index (κ3) is 3.82. The molecule has 2 aliphatic carbocycles. The van der Waals surface area contributed by atoms with Crippen LogP contribution in [0.25, 0.3) is 11.1 Å². The van der Waals surface area contributed by atoms with Crippen molar-refractivity contribution >= 4 is 17.0 Å². The summed E-state index contributed by atoms with van der Waals surface area (Å²) < 4.78 is 26.6. The molecule has 5 rings (SSSR count). The molecule has 0 saturated heterocycles. The number of halogens is 2. The van der Waals surface area contributed by atoms with Crippen molar-refractivity contribution in [2.75, 3.05) is 6.54 Å². The van der Waals surface area contributed by atoms with Gasteiger partial charge in [0.25, 0.3) is 12.3 Å². The van der Waals surface area contributed by atoms with Crippen LogP contribution in [0, 0.1) is 0 Å². The molecule has 0 bridgehead atoms. The minimum atomic E-state index is -2.60. The number of allylic oxidation sites excluding steroid dienone is 1. The molecule has 2 aliphatic rings. The molecule has 1 N–H and O–H groups in total. The molecule has 3 aromatic heterocycles. The zero-order valence-electron chi connectivity index (χ0n) is 17.0. The van der Waals surface area contributed by atoms with Gasteiger partial charge in [-0.1, -0.05) is 12.5 Å². The van der Waals surface area contributed by atoms with Crippen LogP contribution in [-0.4, -0.2) is 38.5 Å². The van der Waals surface area contributed by atoms with E-state index in [-0.39, 0.29) is 5.56 Å². The van der Waals surface area contributed by atoms with Gasteiger partial charge in [-0.05, 0) is 55.4 Å². The number of carbonyl (C=O) groups excluding carboxylic acids is 1. The van der Waals surface area contributed by atoms with E-state index >= 15 is 0 Å². The van der Waals surface area contributed by atoms with Gasteiger partial charge < -0.3 is 5.32 Å². The van der Waals surface area contributed by atoms with E-state index in [2.05, 4.69) is 21.5 Å². The Bertz CT molecular complexity index is 1170. The molecule has 0 unspecified atom stereocenters. The summed E-state index contributed by atoms with van der Waals surface area (Å²) in [5.74, 6) is 0.880. The maximum Gasteiger partial charge on any atom is 0.255 e. The Morgan fingerprint density at radius 2 is 2.13 bits per heavy atom. The van der Waals surface area contributed by atoms with Crippen LogP contribution in [0.4, 0.5) is 8.78 Å². The number of nitrogens with one attached hydrogen (secondary N) is 1. The summed E-state index contributed by atoms with van der Waals surface area (Å²) in [5, 5.41) is 6.44. The number of fused-ring (bicyclic) bond motifs is 2. The Morgan fingerprint density at radius 3 is 2.90 bits per heavy atom. The van der Waals surface area contributed by atoms with E-state index in [0.29, 0.717) is 11.4 Å². The quantitative estimate of drug-likeness (QED) is 0.669. The molecule has 1 saturated carbocycles. The SMILES string of the molecule is O=C(NCC(F)F)c1cnn2ccc(C3=CCCCc4nc(C5CCC5)ncc43)cc12. The van der Waals surface area contributed by atoms with E-state index in [1.54, 1.807) is 10.7 Å². The number of alkyl halides is 2. The minimum Gasteiger partial charge on any atom is -0.346 e. The lowest BCUT2D eigenvalue weighted by Gasteiger charge is -2.24. The molecule has 3 heterocycles. The number of pyridine rings is 1. The van der Waals surface area contributed by atoms with Crippen LogP contribution in [0.1, 0.15) is 71.0 Å². The zero-order valence-corrected chi connectivity index (χ0v) is 17.0. The van der Waals surface area contributed by atoms with E-state index in [1.807, 2.05) is 18.3 Å². The van der Waals surface area contributed by atoms with Crippen molar-refractivity contribution in [1.29, 1.82) is 0 Å². The van der Waals surface area contributed by atoms with Crippen molar-refractivity contribution < 1.29 is 13.6 Å². The second-order valence-corrected chi connectivity index (χ2v) is 8.13. The standard InChI is InChI=1S/C23H23F2N5O/c24-21(25)13-27-23(31)18-12-28-30-9-8-15(10-20(18)30)16-6-1-2-7-19-17(16)11-26-22(29-19)14-4-3-5-14/h6,8-12,14,21H,1-5,7,13H2,(H,27,31). The number of carbonyl (C=O) groups is 1. The number of aryl methyl sites for hydroxylation is 1. The Balaban J connectivity index is 1.51. The summed E-state index contributed by atoms with van der Waals surface area (Å²) in [4.78, 5) is 21.9. The van der Waals surface area contributed by atoms with Crippen LogP contribution in [0.2, 0.25) is 0 Å². The van der Waals surface area contributed by atoms with Gasteiger partial charge in [-0.3, -0.25) is 4.79 Å². The first-order chi connectivity index (χ1) is 15.1. The van der Waals surface area contributed by atoms with E-state index < -0.39 is 18.9 Å². The topological polar surface area (TPSA) is 72.2 Å². The zero-order chi connectivity index (χ0) is 21.4. The number of hydrogen-bond acceptors (Lipinski definition) is 4. The highest BCUT2D eigenvalue weighted by molar-refractivity contribution is 6.01. The van der Waals surface area contributed by atoms with Crippen molar-refractivity contribution in [2.24, 2.45) is 0 Å².